The molecule has 24 heavy (non-hydrogen) atoms. The second-order valence-electron chi connectivity index (χ2n) is 6.12. The van der Waals surface area contributed by atoms with Gasteiger partial charge in [0.05, 0.1) is 12.7 Å². The minimum Gasteiger partial charge on any atom is -0.355 e. The van der Waals surface area contributed by atoms with E-state index in [2.05, 4.69) is 41.7 Å². The molecule has 3 aromatic rings. The van der Waals surface area contributed by atoms with E-state index in [1.165, 1.54) is 5.56 Å². The molecule has 1 fully saturated rings. The fourth-order valence-electron chi connectivity index (χ4n) is 3.35. The molecule has 4 heterocycles. The van der Waals surface area contributed by atoms with Crippen molar-refractivity contribution < 1.29 is 0 Å². The first-order chi connectivity index (χ1) is 11.9. The lowest BCUT2D eigenvalue weighted by atomic mass is 9.97. The Kier molecular flexibility index (Phi) is 4.18. The van der Waals surface area contributed by atoms with Crippen molar-refractivity contribution in [2.24, 2.45) is 0 Å². The molecule has 1 aliphatic rings. The summed E-state index contributed by atoms with van der Waals surface area (Å²) >= 11 is 0. The second-order valence-corrected chi connectivity index (χ2v) is 6.12. The number of hydrogen-bond donors (Lipinski definition) is 0. The maximum atomic E-state index is 4.64. The van der Waals surface area contributed by atoms with E-state index >= 15 is 0 Å². The molecule has 3 aromatic heterocycles. The summed E-state index contributed by atoms with van der Waals surface area (Å²) in [4.78, 5) is 19.8. The third-order valence-electron chi connectivity index (χ3n) is 4.48. The van der Waals surface area contributed by atoms with Crippen LogP contribution < -0.4 is 4.90 Å². The quantitative estimate of drug-likeness (QED) is 0.739. The Morgan fingerprint density at radius 3 is 2.83 bits per heavy atom. The lowest BCUT2D eigenvalue weighted by molar-refractivity contribution is 0.473. The second kappa shape index (κ2) is 6.78. The maximum Gasteiger partial charge on any atom is 0.147 e. The largest absolute Gasteiger partial charge is 0.355 e. The predicted molar refractivity (Wildman–Crippen MR) is 91.8 cm³/mol. The molecule has 6 nitrogen and oxygen atoms in total. The summed E-state index contributed by atoms with van der Waals surface area (Å²) in [6.07, 6.45) is 15.3. The number of pyridine rings is 1. The van der Waals surface area contributed by atoms with Crippen LogP contribution in [-0.4, -0.2) is 37.6 Å². The average Bonchev–Trinajstić information content (AvgIpc) is 3.12. The molecule has 0 amide bonds. The van der Waals surface area contributed by atoms with Crippen molar-refractivity contribution in [3.05, 3.63) is 66.9 Å². The lowest BCUT2D eigenvalue weighted by Crippen LogP contribution is -2.36. The molecule has 0 spiro atoms. The van der Waals surface area contributed by atoms with Gasteiger partial charge in [0.2, 0.25) is 0 Å². The molecule has 0 aromatic carbocycles. The van der Waals surface area contributed by atoms with Crippen molar-refractivity contribution in [1.29, 1.82) is 0 Å². The maximum absolute atomic E-state index is 4.64. The van der Waals surface area contributed by atoms with Crippen LogP contribution in [0.1, 0.15) is 30.1 Å². The lowest BCUT2D eigenvalue weighted by Gasteiger charge is -2.33. The van der Waals surface area contributed by atoms with E-state index in [0.29, 0.717) is 5.92 Å². The van der Waals surface area contributed by atoms with Gasteiger partial charge in [-0.2, -0.15) is 0 Å². The van der Waals surface area contributed by atoms with E-state index in [4.69, 9.17) is 0 Å². The number of piperidine rings is 1. The van der Waals surface area contributed by atoms with Gasteiger partial charge in [-0.05, 0) is 24.5 Å². The van der Waals surface area contributed by atoms with Crippen LogP contribution in [0, 0.1) is 0 Å². The number of imidazole rings is 1. The van der Waals surface area contributed by atoms with Crippen LogP contribution in [0.15, 0.2) is 55.5 Å². The van der Waals surface area contributed by atoms with Gasteiger partial charge in [0.15, 0.2) is 0 Å². The molecule has 0 saturated carbocycles. The van der Waals surface area contributed by atoms with Crippen LogP contribution >= 0.6 is 0 Å². The highest BCUT2D eigenvalue weighted by Crippen LogP contribution is 2.28. The SMILES string of the molecule is c1cncc(Cn2ccnc2[C@@H]2CCCN(c3cnccn3)C2)c1. The summed E-state index contributed by atoms with van der Waals surface area (Å²) in [5.41, 5.74) is 1.19. The van der Waals surface area contributed by atoms with E-state index in [9.17, 15) is 0 Å². The number of aromatic nitrogens is 5. The fraction of sp³-hybridized carbons (Fsp3) is 0.333. The van der Waals surface area contributed by atoms with Gasteiger partial charge in [0.1, 0.15) is 11.6 Å². The van der Waals surface area contributed by atoms with Gasteiger partial charge < -0.3 is 9.47 Å². The molecule has 0 N–H and O–H groups in total. The van der Waals surface area contributed by atoms with Gasteiger partial charge in [0, 0.05) is 56.2 Å². The summed E-state index contributed by atoms with van der Waals surface area (Å²) in [5, 5.41) is 0. The standard InChI is InChI=1S/C18H20N6/c1-3-15(11-19-5-1)13-24-10-8-22-18(24)16-4-2-9-23(14-16)17-12-20-6-7-21-17/h1,3,5-8,10-12,16H,2,4,9,13-14H2/t16-/m1/s1. The van der Waals surface area contributed by atoms with Crippen molar-refractivity contribution in [3.63, 3.8) is 0 Å². The van der Waals surface area contributed by atoms with Crippen molar-refractivity contribution >= 4 is 5.82 Å². The van der Waals surface area contributed by atoms with E-state index in [1.807, 2.05) is 24.7 Å². The Labute approximate surface area is 141 Å². The molecule has 1 aliphatic heterocycles. The summed E-state index contributed by atoms with van der Waals surface area (Å²) in [6, 6.07) is 4.08. The summed E-state index contributed by atoms with van der Waals surface area (Å²) in [7, 11) is 0. The number of anilines is 1. The van der Waals surface area contributed by atoms with E-state index < -0.39 is 0 Å². The molecular formula is C18H20N6. The number of nitrogens with zero attached hydrogens (tertiary/aromatic N) is 6. The van der Waals surface area contributed by atoms with Crippen LogP contribution in [0.25, 0.3) is 0 Å². The first-order valence-corrected chi connectivity index (χ1v) is 8.31. The van der Waals surface area contributed by atoms with Crippen molar-refractivity contribution in [2.45, 2.75) is 25.3 Å². The molecule has 1 saturated heterocycles. The van der Waals surface area contributed by atoms with Crippen LogP contribution in [0.3, 0.4) is 0 Å². The average molecular weight is 320 g/mol. The molecular weight excluding hydrogens is 300 g/mol. The molecule has 1 atom stereocenters. The molecule has 0 unspecified atom stereocenters. The molecule has 0 aliphatic carbocycles. The molecule has 0 radical (unpaired) electrons. The smallest absolute Gasteiger partial charge is 0.147 e. The highest BCUT2D eigenvalue weighted by molar-refractivity contribution is 5.36. The molecule has 122 valence electrons. The van der Waals surface area contributed by atoms with E-state index in [0.717, 1.165) is 44.1 Å². The highest BCUT2D eigenvalue weighted by Gasteiger charge is 2.25. The zero-order valence-electron chi connectivity index (χ0n) is 13.5. The third-order valence-corrected chi connectivity index (χ3v) is 4.48. The predicted octanol–water partition coefficient (Wildman–Crippen LogP) is 2.50. The first-order valence-electron chi connectivity index (χ1n) is 8.31. The van der Waals surface area contributed by atoms with Gasteiger partial charge in [-0.15, -0.1) is 0 Å². The highest BCUT2D eigenvalue weighted by atomic mass is 15.2. The number of rotatable bonds is 4. The van der Waals surface area contributed by atoms with Crippen molar-refractivity contribution in [3.8, 4) is 0 Å². The monoisotopic (exact) mass is 320 g/mol. The Balaban J connectivity index is 1.53. The Morgan fingerprint density at radius 1 is 1.04 bits per heavy atom. The van der Waals surface area contributed by atoms with Crippen molar-refractivity contribution in [1.82, 2.24) is 24.5 Å². The third kappa shape index (κ3) is 3.13. The molecule has 0 bridgehead atoms. The Morgan fingerprint density at radius 2 is 2.00 bits per heavy atom. The zero-order chi connectivity index (χ0) is 16.2. The Hall–Kier alpha value is -2.76. The van der Waals surface area contributed by atoms with Crippen LogP contribution in [-0.2, 0) is 6.54 Å². The summed E-state index contributed by atoms with van der Waals surface area (Å²) in [6.45, 7) is 2.77. The summed E-state index contributed by atoms with van der Waals surface area (Å²) < 4.78 is 2.24. The minimum atomic E-state index is 0.410. The zero-order valence-corrected chi connectivity index (χ0v) is 13.5. The van der Waals surface area contributed by atoms with Gasteiger partial charge in [-0.3, -0.25) is 9.97 Å². The van der Waals surface area contributed by atoms with Gasteiger partial charge in [0.25, 0.3) is 0 Å². The van der Waals surface area contributed by atoms with Crippen LogP contribution in [0.2, 0.25) is 0 Å². The van der Waals surface area contributed by atoms with Crippen molar-refractivity contribution in [2.75, 3.05) is 18.0 Å². The van der Waals surface area contributed by atoms with Crippen LogP contribution in [0.4, 0.5) is 5.82 Å². The van der Waals surface area contributed by atoms with Crippen LogP contribution in [0.5, 0.6) is 0 Å². The Bertz CT molecular complexity index is 770. The molecule has 4 rings (SSSR count). The minimum absolute atomic E-state index is 0.410. The van der Waals surface area contributed by atoms with Gasteiger partial charge in [-0.25, -0.2) is 9.97 Å². The normalized spacial score (nSPS) is 17.8. The number of hydrogen-bond acceptors (Lipinski definition) is 5. The molecule has 6 heteroatoms. The fourth-order valence-corrected chi connectivity index (χ4v) is 3.35. The van der Waals surface area contributed by atoms with E-state index in [-0.39, 0.29) is 0 Å². The van der Waals surface area contributed by atoms with Gasteiger partial charge >= 0.3 is 0 Å². The van der Waals surface area contributed by atoms with E-state index in [1.54, 1.807) is 18.6 Å². The first kappa shape index (κ1) is 14.8. The topological polar surface area (TPSA) is 59.7 Å². The summed E-state index contributed by atoms with van der Waals surface area (Å²) in [5.74, 6) is 2.51. The van der Waals surface area contributed by atoms with Gasteiger partial charge in [-0.1, -0.05) is 6.07 Å².